The summed E-state index contributed by atoms with van der Waals surface area (Å²) < 4.78 is 5.73. The first-order valence-corrected chi connectivity index (χ1v) is 11.2. The summed E-state index contributed by atoms with van der Waals surface area (Å²) in [5, 5.41) is 22.4. The van der Waals surface area contributed by atoms with E-state index in [1.165, 1.54) is 0 Å². The Balaban J connectivity index is 1.59. The molecule has 0 aromatic heterocycles. The van der Waals surface area contributed by atoms with E-state index in [9.17, 15) is 24.6 Å². The highest BCUT2D eigenvalue weighted by atomic mass is 35.5. The zero-order chi connectivity index (χ0) is 24.3. The van der Waals surface area contributed by atoms with Crippen molar-refractivity contribution in [2.24, 2.45) is 17.3 Å². The Morgan fingerprint density at radius 3 is 2.18 bits per heavy atom. The Bertz CT molecular complexity index is 1030. The van der Waals surface area contributed by atoms with Crippen molar-refractivity contribution in [1.82, 2.24) is 5.32 Å². The van der Waals surface area contributed by atoms with Gasteiger partial charge in [0.15, 0.2) is 0 Å². The molecule has 2 aromatic carbocycles. The lowest BCUT2D eigenvalue weighted by atomic mass is 9.54. The van der Waals surface area contributed by atoms with Gasteiger partial charge in [-0.05, 0) is 41.7 Å². The highest BCUT2D eigenvalue weighted by Crippen LogP contribution is 2.51. The van der Waals surface area contributed by atoms with Crippen LogP contribution < -0.4 is 10.1 Å². The molecular formula is C24H25Cl2NO6. The molecule has 1 saturated carbocycles. The van der Waals surface area contributed by atoms with Crippen LogP contribution in [0, 0.1) is 17.3 Å². The van der Waals surface area contributed by atoms with Gasteiger partial charge in [0, 0.05) is 27.9 Å². The van der Waals surface area contributed by atoms with Crippen molar-refractivity contribution >= 4 is 41.0 Å². The molecule has 1 aliphatic rings. The number of halogens is 2. The summed E-state index contributed by atoms with van der Waals surface area (Å²) in [5.74, 6) is -3.16. The molecule has 0 bridgehead atoms. The number of ether oxygens (including phenoxy) is 1. The third-order valence-corrected chi connectivity index (χ3v) is 7.01. The average Bonchev–Trinajstić information content (AvgIpc) is 2.73. The largest absolute Gasteiger partial charge is 0.489 e. The van der Waals surface area contributed by atoms with E-state index in [0.717, 1.165) is 0 Å². The Kier molecular flexibility index (Phi) is 7.55. The van der Waals surface area contributed by atoms with Gasteiger partial charge >= 0.3 is 11.9 Å². The van der Waals surface area contributed by atoms with E-state index in [4.69, 9.17) is 27.9 Å². The van der Waals surface area contributed by atoms with Crippen LogP contribution in [-0.4, -0.2) is 34.1 Å². The number of aliphatic carboxylic acids is 2. The molecule has 3 rings (SSSR count). The second-order valence-corrected chi connectivity index (χ2v) is 9.55. The van der Waals surface area contributed by atoms with Crippen molar-refractivity contribution in [3.05, 3.63) is 63.6 Å². The van der Waals surface area contributed by atoms with Gasteiger partial charge in [-0.1, -0.05) is 55.2 Å². The minimum absolute atomic E-state index is 0.0766. The number of carboxylic acids is 2. The van der Waals surface area contributed by atoms with Crippen molar-refractivity contribution in [2.75, 3.05) is 0 Å². The molecule has 3 N–H and O–H groups in total. The average molecular weight is 494 g/mol. The maximum Gasteiger partial charge on any atom is 0.326 e. The lowest BCUT2D eigenvalue weighted by Crippen LogP contribution is -2.57. The van der Waals surface area contributed by atoms with Gasteiger partial charge in [0.1, 0.15) is 18.4 Å². The number of carbonyl (C=O) groups is 3. The molecule has 7 nitrogen and oxygen atoms in total. The molecule has 176 valence electrons. The number of hydrogen-bond donors (Lipinski definition) is 3. The van der Waals surface area contributed by atoms with Gasteiger partial charge in [-0.25, -0.2) is 4.79 Å². The molecule has 0 aliphatic heterocycles. The van der Waals surface area contributed by atoms with E-state index < -0.39 is 41.1 Å². The Morgan fingerprint density at radius 1 is 1.06 bits per heavy atom. The molecule has 0 unspecified atom stereocenters. The van der Waals surface area contributed by atoms with Crippen LogP contribution in [0.3, 0.4) is 0 Å². The van der Waals surface area contributed by atoms with Gasteiger partial charge < -0.3 is 20.3 Å². The first-order valence-electron chi connectivity index (χ1n) is 10.4. The molecule has 0 saturated heterocycles. The molecule has 2 aromatic rings. The monoisotopic (exact) mass is 493 g/mol. The summed E-state index contributed by atoms with van der Waals surface area (Å²) in [4.78, 5) is 35.6. The Labute approximate surface area is 201 Å². The highest BCUT2D eigenvalue weighted by Gasteiger charge is 2.55. The number of carboxylic acid groups (broad SMARTS) is 2. The second kappa shape index (κ2) is 10.0. The number of carbonyl (C=O) groups excluding carboxylic acids is 1. The van der Waals surface area contributed by atoms with Gasteiger partial charge in [0.25, 0.3) is 0 Å². The lowest BCUT2D eigenvalue weighted by molar-refractivity contribution is -0.164. The summed E-state index contributed by atoms with van der Waals surface area (Å²) in [5.41, 5.74) is 0.632. The number of benzene rings is 2. The first kappa shape index (κ1) is 24.9. The van der Waals surface area contributed by atoms with Crippen LogP contribution in [0.25, 0.3) is 0 Å². The fourth-order valence-electron chi connectivity index (χ4n) is 4.05. The summed E-state index contributed by atoms with van der Waals surface area (Å²) in [6.07, 6.45) is 0.273. The standard InChI is InChI=1S/C24H25Cl2NO6/c1-24(2)16(11-17(24)22(29)30)21(28)27-20(23(31)32)10-13-6-8-14(9-7-13)33-12-15-18(25)4-3-5-19(15)26/h3-9,16-17,20H,10-12H2,1-2H3,(H,27,28)(H,29,30)(H,31,32)/t16-,17+,20+/m1/s1. The van der Waals surface area contributed by atoms with Crippen LogP contribution in [0.4, 0.5) is 0 Å². The smallest absolute Gasteiger partial charge is 0.326 e. The molecule has 1 fully saturated rings. The lowest BCUT2D eigenvalue weighted by Gasteiger charge is -2.48. The van der Waals surface area contributed by atoms with E-state index in [1.54, 1.807) is 56.3 Å². The minimum atomic E-state index is -1.16. The fraction of sp³-hybridized carbons (Fsp3) is 0.375. The number of amides is 1. The van der Waals surface area contributed by atoms with Crippen LogP contribution in [0.2, 0.25) is 10.0 Å². The third kappa shape index (κ3) is 5.60. The molecular weight excluding hydrogens is 469 g/mol. The van der Waals surface area contributed by atoms with E-state index in [1.807, 2.05) is 0 Å². The number of hydrogen-bond acceptors (Lipinski definition) is 4. The molecule has 1 amide bonds. The molecule has 3 atom stereocenters. The van der Waals surface area contributed by atoms with E-state index >= 15 is 0 Å². The first-order chi connectivity index (χ1) is 15.5. The van der Waals surface area contributed by atoms with Crippen molar-refractivity contribution in [2.45, 2.75) is 39.3 Å². The maximum absolute atomic E-state index is 12.6. The summed E-state index contributed by atoms with van der Waals surface area (Å²) in [6.45, 7) is 3.61. The third-order valence-electron chi connectivity index (χ3n) is 6.30. The van der Waals surface area contributed by atoms with Crippen molar-refractivity contribution in [3.63, 3.8) is 0 Å². The normalized spacial score (nSPS) is 19.8. The van der Waals surface area contributed by atoms with Gasteiger partial charge in [-0.2, -0.15) is 0 Å². The fourth-order valence-corrected chi connectivity index (χ4v) is 4.55. The van der Waals surface area contributed by atoms with Gasteiger partial charge in [0.05, 0.1) is 5.92 Å². The van der Waals surface area contributed by atoms with Gasteiger partial charge in [0.2, 0.25) is 5.91 Å². The van der Waals surface area contributed by atoms with Crippen molar-refractivity contribution in [3.8, 4) is 5.75 Å². The predicted octanol–water partition coefficient (Wildman–Crippen LogP) is 4.43. The van der Waals surface area contributed by atoms with Crippen LogP contribution in [-0.2, 0) is 27.4 Å². The summed E-state index contributed by atoms with van der Waals surface area (Å²) in [6, 6.07) is 10.9. The van der Waals surface area contributed by atoms with Crippen molar-refractivity contribution < 1.29 is 29.3 Å². The zero-order valence-corrected chi connectivity index (χ0v) is 19.7. The van der Waals surface area contributed by atoms with E-state index in [-0.39, 0.29) is 19.4 Å². The van der Waals surface area contributed by atoms with Crippen LogP contribution in [0.15, 0.2) is 42.5 Å². The van der Waals surface area contributed by atoms with E-state index in [0.29, 0.717) is 26.9 Å². The quantitative estimate of drug-likeness (QED) is 0.476. The van der Waals surface area contributed by atoms with E-state index in [2.05, 4.69) is 5.32 Å². The Hall–Kier alpha value is -2.77. The Morgan fingerprint density at radius 2 is 1.67 bits per heavy atom. The minimum Gasteiger partial charge on any atom is -0.489 e. The second-order valence-electron chi connectivity index (χ2n) is 8.74. The number of nitrogens with one attached hydrogen (secondary N) is 1. The topological polar surface area (TPSA) is 113 Å². The SMILES string of the molecule is CC1(C)[C@@H](C(=O)N[C@@H](Cc2ccc(OCc3c(Cl)cccc3Cl)cc2)C(=O)O)C[C@H]1C(=O)O. The summed E-state index contributed by atoms with van der Waals surface area (Å²) in [7, 11) is 0. The van der Waals surface area contributed by atoms with Crippen LogP contribution >= 0.6 is 23.2 Å². The molecule has 0 radical (unpaired) electrons. The number of rotatable bonds is 9. The van der Waals surface area contributed by atoms with Gasteiger partial charge in [-0.15, -0.1) is 0 Å². The maximum atomic E-state index is 12.6. The predicted molar refractivity (Wildman–Crippen MR) is 124 cm³/mol. The molecule has 0 heterocycles. The summed E-state index contributed by atoms with van der Waals surface area (Å²) >= 11 is 12.3. The molecule has 33 heavy (non-hydrogen) atoms. The molecule has 1 aliphatic carbocycles. The molecule has 0 spiro atoms. The van der Waals surface area contributed by atoms with Gasteiger partial charge in [-0.3, -0.25) is 9.59 Å². The zero-order valence-electron chi connectivity index (χ0n) is 18.2. The molecule has 9 heteroatoms. The van der Waals surface area contributed by atoms with Crippen LogP contribution in [0.1, 0.15) is 31.4 Å². The van der Waals surface area contributed by atoms with Crippen LogP contribution in [0.5, 0.6) is 5.75 Å². The van der Waals surface area contributed by atoms with Crippen molar-refractivity contribution in [1.29, 1.82) is 0 Å². The highest BCUT2D eigenvalue weighted by molar-refractivity contribution is 6.35.